The number of H-pyrrole nitrogens is 1. The van der Waals surface area contributed by atoms with Crippen molar-refractivity contribution in [1.29, 1.82) is 0 Å². The van der Waals surface area contributed by atoms with E-state index in [1.165, 1.54) is 19.8 Å². The average Bonchev–Trinajstić information content (AvgIpc) is 3.96. The molecule has 336 valence electrons. The molecule has 0 radical (unpaired) electrons. The number of nitrogens with zero attached hydrogens (tertiary/aromatic N) is 4. The van der Waals surface area contributed by atoms with Crippen LogP contribution >= 0.6 is 0 Å². The van der Waals surface area contributed by atoms with Gasteiger partial charge in [0.1, 0.15) is 17.9 Å². The third kappa shape index (κ3) is 6.97. The molecular formula is C54H49N7O6. The second kappa shape index (κ2) is 16.1. The Labute approximate surface area is 386 Å². The Morgan fingerprint density at radius 2 is 1.30 bits per heavy atom. The number of hydrogen-bond donors (Lipinski definition) is 3. The quantitative estimate of drug-likeness (QED) is 0.130. The van der Waals surface area contributed by atoms with Gasteiger partial charge in [0.15, 0.2) is 0 Å². The summed E-state index contributed by atoms with van der Waals surface area (Å²) in [5.41, 5.74) is 8.47. The summed E-state index contributed by atoms with van der Waals surface area (Å²) in [6.45, 7) is 0. The highest BCUT2D eigenvalue weighted by atomic mass is 16.5. The van der Waals surface area contributed by atoms with E-state index in [9.17, 15) is 19.2 Å². The van der Waals surface area contributed by atoms with Crippen LogP contribution in [0.2, 0.25) is 0 Å². The summed E-state index contributed by atoms with van der Waals surface area (Å²) in [6.07, 6.45) is 4.02. The molecule has 3 N–H and O–H groups in total. The summed E-state index contributed by atoms with van der Waals surface area (Å²) in [4.78, 5) is 71.8. The number of alkyl carbamates (subject to hydrolysis) is 2. The normalized spacial score (nSPS) is 23.2. The molecular weight excluding hydrogens is 843 g/mol. The lowest BCUT2D eigenvalue weighted by molar-refractivity contribution is -0.138. The zero-order chi connectivity index (χ0) is 45.5. The molecule has 2 aliphatic carbocycles. The fourth-order valence-electron chi connectivity index (χ4n) is 11.8. The van der Waals surface area contributed by atoms with E-state index in [0.29, 0.717) is 23.5 Å². The van der Waals surface area contributed by atoms with E-state index >= 15 is 0 Å². The van der Waals surface area contributed by atoms with Crippen LogP contribution in [0.25, 0.3) is 43.7 Å². The first-order chi connectivity index (χ1) is 32.7. The number of likely N-dealkylation sites (tertiary alicyclic amines) is 2. The number of carbonyl (C=O) groups excluding carboxylic acids is 4. The largest absolute Gasteiger partial charge is 0.453 e. The fourth-order valence-corrected chi connectivity index (χ4v) is 11.8. The zero-order valence-electron chi connectivity index (χ0n) is 37.1. The molecule has 2 saturated heterocycles. The van der Waals surface area contributed by atoms with Gasteiger partial charge in [-0.05, 0) is 112 Å². The third-order valence-corrected chi connectivity index (χ3v) is 15.1. The summed E-state index contributed by atoms with van der Waals surface area (Å²) < 4.78 is 9.86. The van der Waals surface area contributed by atoms with Crippen molar-refractivity contribution in [2.45, 2.75) is 74.8 Å². The lowest BCUT2D eigenvalue weighted by Crippen LogP contribution is -2.49. The summed E-state index contributed by atoms with van der Waals surface area (Å²) >= 11 is 0. The van der Waals surface area contributed by atoms with Crippen LogP contribution in [0.5, 0.6) is 0 Å². The van der Waals surface area contributed by atoms with E-state index < -0.39 is 24.3 Å². The first kappa shape index (κ1) is 40.9. The van der Waals surface area contributed by atoms with Crippen LogP contribution in [0.4, 0.5) is 15.3 Å². The maximum absolute atomic E-state index is 14.5. The number of imidazole rings is 1. The molecule has 12 rings (SSSR count). The number of nitrogens with one attached hydrogen (secondary N) is 3. The molecule has 13 nitrogen and oxygen atoms in total. The summed E-state index contributed by atoms with van der Waals surface area (Å²) in [5, 5.41) is 9.95. The Balaban J connectivity index is 0.801. The average molecular weight is 892 g/mol. The van der Waals surface area contributed by atoms with Crippen LogP contribution in [0.3, 0.4) is 0 Å². The van der Waals surface area contributed by atoms with Gasteiger partial charge in [0.25, 0.3) is 11.8 Å². The van der Waals surface area contributed by atoms with Crippen LogP contribution in [-0.2, 0) is 25.5 Å². The van der Waals surface area contributed by atoms with Gasteiger partial charge in [0.2, 0.25) is 0 Å². The van der Waals surface area contributed by atoms with Gasteiger partial charge in [-0.1, -0.05) is 97.1 Å². The van der Waals surface area contributed by atoms with E-state index in [1.54, 1.807) is 0 Å². The Bertz CT molecular complexity index is 3190. The Morgan fingerprint density at radius 1 is 0.672 bits per heavy atom. The monoisotopic (exact) mass is 891 g/mol. The number of piperidine rings is 2. The topological polar surface area (TPSA) is 158 Å². The van der Waals surface area contributed by atoms with E-state index in [4.69, 9.17) is 19.5 Å². The number of fused-ring (bicyclic) bond motifs is 9. The second-order valence-electron chi connectivity index (χ2n) is 18.7. The van der Waals surface area contributed by atoms with Gasteiger partial charge in [-0.25, -0.2) is 14.6 Å². The molecule has 8 atom stereocenters. The number of methoxy groups -OCH3 is 2. The molecule has 4 fully saturated rings. The molecule has 2 saturated carbocycles. The molecule has 13 heteroatoms. The van der Waals surface area contributed by atoms with Crippen LogP contribution in [-0.4, -0.2) is 81.8 Å². The van der Waals surface area contributed by atoms with E-state index in [0.717, 1.165) is 93.0 Å². The Kier molecular flexibility index (Phi) is 9.84. The number of rotatable bonds is 9. The lowest BCUT2D eigenvalue weighted by atomic mass is 9.94. The van der Waals surface area contributed by atoms with Crippen LogP contribution in [0.15, 0.2) is 126 Å². The van der Waals surface area contributed by atoms with Crippen molar-refractivity contribution in [3.05, 3.63) is 144 Å². The standard InChI is InChI=1S/C54H49N7O6/c1-66-53(64)58-46(29-9-5-3-6-10-29)51(62)60-37-18-13-35(25-37)49(60)50-56-42-22-17-34-24-32(15-20-39(34)48(42)57-50)31-14-19-38-33(23-31)16-21-41-40(38)28-43(55-41)45-27-36-26-44(36)61(45)52(63)47(59-54(65)67-2)30-11-7-4-8-12-30/h3-12,14-17,19-24,35-37,44-47,49H,13,18,25-28H2,1-2H3,(H,56,57)(H,58,64)(H,59,65)/t35-,36+,37+,44+,45-,46+,47+,49-/m0/s1. The molecule has 7 aromatic rings. The van der Waals surface area contributed by atoms with Crippen molar-refractivity contribution in [3.8, 4) is 11.1 Å². The van der Waals surface area contributed by atoms with Gasteiger partial charge in [0, 0.05) is 29.6 Å². The van der Waals surface area contributed by atoms with Gasteiger partial charge in [-0.15, -0.1) is 0 Å². The van der Waals surface area contributed by atoms with Gasteiger partial charge in [-0.3, -0.25) is 14.6 Å². The SMILES string of the molecule is COC(=O)N[C@@H](C(=O)N1[C@@H]2CC[C@@H](C2)[C@H]1c1nc2c(ccc3cc(-c4ccc5c6c(ccc5c4)N=C([C@@H]4C[C@H]5C[C@H]5N4C(=O)[C@H](NC(=O)OC)c4ccccc4)C6)ccc32)[nH]1)c1ccccc1. The molecule has 2 bridgehead atoms. The number of carbonyl (C=O) groups is 4. The van der Waals surface area contributed by atoms with Crippen LogP contribution in [0, 0.1) is 11.8 Å². The van der Waals surface area contributed by atoms with Crippen molar-refractivity contribution in [3.63, 3.8) is 0 Å². The van der Waals surface area contributed by atoms with E-state index in [1.807, 2.05) is 70.5 Å². The molecule has 0 unspecified atom stereocenters. The third-order valence-electron chi connectivity index (χ3n) is 15.1. The molecule has 5 aliphatic rings. The van der Waals surface area contributed by atoms with Gasteiger partial charge < -0.3 is 34.9 Å². The molecule has 4 amide bonds. The predicted molar refractivity (Wildman–Crippen MR) is 255 cm³/mol. The van der Waals surface area contributed by atoms with Crippen molar-refractivity contribution in [1.82, 2.24) is 30.4 Å². The highest BCUT2D eigenvalue weighted by Gasteiger charge is 2.57. The highest BCUT2D eigenvalue weighted by Crippen LogP contribution is 2.52. The molecule has 0 spiro atoms. The van der Waals surface area contributed by atoms with Gasteiger partial charge >= 0.3 is 12.2 Å². The predicted octanol–water partition coefficient (Wildman–Crippen LogP) is 9.40. The van der Waals surface area contributed by atoms with Crippen molar-refractivity contribution in [2.24, 2.45) is 16.8 Å². The molecule has 3 aliphatic heterocycles. The van der Waals surface area contributed by atoms with E-state index in [-0.39, 0.29) is 41.9 Å². The Morgan fingerprint density at radius 3 is 1.97 bits per heavy atom. The summed E-state index contributed by atoms with van der Waals surface area (Å²) in [7, 11) is 2.61. The number of hydrogen-bond acceptors (Lipinski definition) is 8. The summed E-state index contributed by atoms with van der Waals surface area (Å²) in [6, 6.07) is 38.3. The number of aromatic nitrogens is 2. The molecule has 67 heavy (non-hydrogen) atoms. The van der Waals surface area contributed by atoms with Gasteiger partial charge in [0.05, 0.1) is 43.0 Å². The minimum Gasteiger partial charge on any atom is -0.453 e. The minimum atomic E-state index is -0.885. The second-order valence-corrected chi connectivity index (χ2v) is 18.7. The van der Waals surface area contributed by atoms with Crippen molar-refractivity contribution < 1.29 is 28.7 Å². The number of benzene rings is 6. The molecule has 4 heterocycles. The first-order valence-corrected chi connectivity index (χ1v) is 23.2. The van der Waals surface area contributed by atoms with Crippen molar-refractivity contribution >= 4 is 68.0 Å². The zero-order valence-corrected chi connectivity index (χ0v) is 37.1. The highest BCUT2D eigenvalue weighted by molar-refractivity contribution is 6.08. The number of aliphatic imine (C=N–C) groups is 1. The summed E-state index contributed by atoms with van der Waals surface area (Å²) in [5.74, 6) is 1.16. The van der Waals surface area contributed by atoms with Crippen LogP contribution in [0.1, 0.15) is 72.7 Å². The van der Waals surface area contributed by atoms with Crippen LogP contribution < -0.4 is 10.6 Å². The molecule has 1 aromatic heterocycles. The first-order valence-electron chi connectivity index (χ1n) is 23.2. The fraction of sp³-hybridized carbons (Fsp3) is 0.296. The van der Waals surface area contributed by atoms with Crippen molar-refractivity contribution in [2.75, 3.05) is 14.2 Å². The van der Waals surface area contributed by atoms with Gasteiger partial charge in [-0.2, -0.15) is 0 Å². The Hall–Kier alpha value is -7.54. The number of ether oxygens (including phenoxy) is 2. The molecule has 6 aromatic carbocycles. The maximum Gasteiger partial charge on any atom is 0.407 e. The maximum atomic E-state index is 14.5. The number of aromatic amines is 1. The number of amides is 4. The minimum absolute atomic E-state index is 0.0635. The lowest BCUT2D eigenvalue weighted by Gasteiger charge is -2.36. The van der Waals surface area contributed by atoms with E-state index in [2.05, 4.69) is 76.3 Å². The smallest absolute Gasteiger partial charge is 0.407 e.